The summed E-state index contributed by atoms with van der Waals surface area (Å²) in [7, 11) is 2.82. The summed E-state index contributed by atoms with van der Waals surface area (Å²) >= 11 is 0. The van der Waals surface area contributed by atoms with Crippen molar-refractivity contribution in [2.75, 3.05) is 10.6 Å². The number of carbonyl (C=O) groups is 2. The topological polar surface area (TPSA) is 150 Å². The Morgan fingerprint density at radius 3 is 1.48 bits per heavy atom. The molecule has 2 heterocycles. The van der Waals surface area contributed by atoms with Crippen molar-refractivity contribution in [3.05, 3.63) is 103 Å². The minimum absolute atomic E-state index is 0.119. The number of carbonyl (C=O) groups excluding carboxylic acids is 2. The Morgan fingerprint density at radius 1 is 0.619 bits per heavy atom. The maximum Gasteiger partial charge on any atom is 0.277 e. The number of nitrogens with one attached hydrogen (secondary N) is 4. The average molecular weight is 601 g/mol. The van der Waals surface area contributed by atoms with Crippen LogP contribution in [0.4, 0.5) is 11.4 Å². The number of amides is 2. The maximum atomic E-state index is 13.3. The molecule has 214 valence electrons. The molecule has 4 N–H and O–H groups in total. The first-order valence-corrected chi connectivity index (χ1v) is 16.0. The zero-order valence-corrected chi connectivity index (χ0v) is 24.3. The van der Waals surface area contributed by atoms with Crippen LogP contribution in [0.25, 0.3) is 0 Å². The highest BCUT2D eigenvalue weighted by Gasteiger charge is 2.25. The van der Waals surface area contributed by atoms with E-state index in [0.29, 0.717) is 24.2 Å². The van der Waals surface area contributed by atoms with Gasteiger partial charge in [0.05, 0.1) is 22.8 Å². The molecule has 6 rings (SSSR count). The van der Waals surface area contributed by atoms with Crippen LogP contribution in [0.15, 0.2) is 67.9 Å². The van der Waals surface area contributed by atoms with Crippen molar-refractivity contribution in [3.63, 3.8) is 0 Å². The normalized spacial score (nSPS) is 14.0. The molecule has 0 atom stereocenters. The van der Waals surface area contributed by atoms with Crippen LogP contribution in [0, 0.1) is 0 Å². The largest absolute Gasteiger partial charge is 0.321 e. The highest BCUT2D eigenvalue weighted by Crippen LogP contribution is 2.43. The third-order valence-corrected chi connectivity index (χ3v) is 9.95. The first-order chi connectivity index (χ1) is 20.5. The number of aromatic amines is 2. The van der Waals surface area contributed by atoms with Crippen molar-refractivity contribution >= 4 is 44.8 Å². The molecule has 0 saturated carbocycles. The molecule has 0 unspecified atom stereocenters. The van der Waals surface area contributed by atoms with E-state index in [0.717, 1.165) is 70.8 Å². The van der Waals surface area contributed by atoms with Gasteiger partial charge in [-0.15, -0.1) is 0 Å². The van der Waals surface area contributed by atoms with Gasteiger partial charge in [0.1, 0.15) is 11.1 Å². The van der Waals surface area contributed by atoms with Gasteiger partial charge in [0.2, 0.25) is 0 Å². The molecule has 10 nitrogen and oxygen atoms in total. The van der Waals surface area contributed by atoms with Gasteiger partial charge in [-0.3, -0.25) is 19.2 Å². The summed E-state index contributed by atoms with van der Waals surface area (Å²) in [5.74, 6) is -0.929. The van der Waals surface area contributed by atoms with E-state index >= 15 is 0 Å². The minimum Gasteiger partial charge on any atom is -0.321 e. The molecule has 0 bridgehead atoms. The summed E-state index contributed by atoms with van der Waals surface area (Å²) in [6.07, 6.45) is 6.56. The molecule has 0 fully saturated rings. The number of anilines is 2. The quantitative estimate of drug-likeness (QED) is 0.219. The molecule has 0 saturated heterocycles. The van der Waals surface area contributed by atoms with E-state index < -0.39 is 22.9 Å². The Morgan fingerprint density at radius 2 is 1.02 bits per heavy atom. The molecule has 2 aliphatic carbocycles. The smallest absolute Gasteiger partial charge is 0.277 e. The van der Waals surface area contributed by atoms with Gasteiger partial charge in [-0.1, -0.05) is 45.9 Å². The fourth-order valence-corrected chi connectivity index (χ4v) is 7.69. The summed E-state index contributed by atoms with van der Waals surface area (Å²) in [5, 5.41) is 19.1. The van der Waals surface area contributed by atoms with E-state index in [4.69, 9.17) is 0 Å². The Balaban J connectivity index is 1.20. The zero-order chi connectivity index (χ0) is 29.1. The number of hydrogen-bond donors (Lipinski definition) is 4. The molecule has 0 aliphatic heterocycles. The van der Waals surface area contributed by atoms with Crippen molar-refractivity contribution in [2.45, 2.75) is 61.2 Å². The van der Waals surface area contributed by atoms with Crippen LogP contribution >= 0.6 is 21.6 Å². The Hall–Kier alpha value is -4.16. The summed E-state index contributed by atoms with van der Waals surface area (Å²) < 4.78 is 0. The number of benzene rings is 2. The number of nitrogens with zero attached hydrogens (tertiary/aromatic N) is 2. The molecule has 2 aromatic heterocycles. The summed E-state index contributed by atoms with van der Waals surface area (Å²) in [4.78, 5) is 53.4. The van der Waals surface area contributed by atoms with Crippen molar-refractivity contribution in [3.8, 4) is 0 Å². The third kappa shape index (κ3) is 5.77. The van der Waals surface area contributed by atoms with Crippen molar-refractivity contribution < 1.29 is 9.59 Å². The average Bonchev–Trinajstić information content (AvgIpc) is 3.01. The predicted octanol–water partition coefficient (Wildman–Crippen LogP) is 4.91. The van der Waals surface area contributed by atoms with Crippen LogP contribution in [-0.4, -0.2) is 32.2 Å². The molecule has 2 amide bonds. The number of aryl methyl sites for hydroxylation is 2. The van der Waals surface area contributed by atoms with Gasteiger partial charge in [-0.05, 0) is 86.8 Å². The standard InChI is InChI=1S/C30H28N6O4S2/c37-27(25-17-9-1-3-11-19(17)33-35-29(25)39)31-21-13-5-7-15-23(21)41-42-24-16-8-6-14-22(24)32-28(38)26-18-10-2-4-12-20(18)34-36-30(26)40/h5-8,13-16H,1-4,9-12H2,(H,31,37)(H,32,38)(H,35,39)(H,36,40). The monoisotopic (exact) mass is 600 g/mol. The molecular weight excluding hydrogens is 573 g/mol. The van der Waals surface area contributed by atoms with E-state index in [2.05, 4.69) is 31.0 Å². The number of hydrogen-bond acceptors (Lipinski definition) is 8. The van der Waals surface area contributed by atoms with Crippen LogP contribution < -0.4 is 21.8 Å². The second-order valence-electron chi connectivity index (χ2n) is 10.2. The zero-order valence-electron chi connectivity index (χ0n) is 22.6. The van der Waals surface area contributed by atoms with Crippen molar-refractivity contribution in [2.24, 2.45) is 0 Å². The number of rotatable bonds is 7. The lowest BCUT2D eigenvalue weighted by Crippen LogP contribution is -2.29. The number of fused-ring (bicyclic) bond motifs is 2. The second-order valence-corrected chi connectivity index (χ2v) is 12.4. The molecule has 2 aromatic carbocycles. The predicted molar refractivity (Wildman–Crippen MR) is 164 cm³/mol. The third-order valence-electron chi connectivity index (χ3n) is 7.47. The maximum absolute atomic E-state index is 13.3. The SMILES string of the molecule is O=C(Nc1ccccc1SSc1ccccc1NC(=O)c1c2c(n[nH]c1=O)CCCC2)c1c2c(n[nH]c1=O)CCCC2. The van der Waals surface area contributed by atoms with Gasteiger partial charge in [0.15, 0.2) is 0 Å². The molecule has 42 heavy (non-hydrogen) atoms. The van der Waals surface area contributed by atoms with E-state index in [9.17, 15) is 19.2 Å². The molecular formula is C30H28N6O4S2. The van der Waals surface area contributed by atoms with Gasteiger partial charge >= 0.3 is 0 Å². The molecule has 12 heteroatoms. The van der Waals surface area contributed by atoms with E-state index in [1.165, 1.54) is 21.6 Å². The van der Waals surface area contributed by atoms with E-state index in [1.54, 1.807) is 12.1 Å². The fraction of sp³-hybridized carbons (Fsp3) is 0.267. The van der Waals surface area contributed by atoms with Crippen molar-refractivity contribution in [1.29, 1.82) is 0 Å². The van der Waals surface area contributed by atoms with Gasteiger partial charge in [0, 0.05) is 9.79 Å². The molecule has 4 aromatic rings. The second kappa shape index (κ2) is 12.4. The Kier molecular flexibility index (Phi) is 8.24. The number of para-hydroxylation sites is 2. The highest BCUT2D eigenvalue weighted by molar-refractivity contribution is 8.76. The molecule has 2 aliphatic rings. The lowest BCUT2D eigenvalue weighted by molar-refractivity contribution is 0.101. The van der Waals surface area contributed by atoms with E-state index in [1.807, 2.05) is 36.4 Å². The van der Waals surface area contributed by atoms with Crippen LogP contribution in [-0.2, 0) is 25.7 Å². The number of aromatic nitrogens is 4. The van der Waals surface area contributed by atoms with Crippen molar-refractivity contribution in [1.82, 2.24) is 20.4 Å². The molecule has 0 radical (unpaired) electrons. The summed E-state index contributed by atoms with van der Waals surface area (Å²) in [6.45, 7) is 0. The van der Waals surface area contributed by atoms with Gasteiger partial charge in [-0.25, -0.2) is 10.2 Å². The lowest BCUT2D eigenvalue weighted by atomic mass is 9.93. The first-order valence-electron chi connectivity index (χ1n) is 13.9. The highest BCUT2D eigenvalue weighted by atomic mass is 33.1. The van der Waals surface area contributed by atoms with Gasteiger partial charge in [-0.2, -0.15) is 10.2 Å². The van der Waals surface area contributed by atoms with Crippen LogP contribution in [0.1, 0.15) is 68.9 Å². The van der Waals surface area contributed by atoms with Crippen LogP contribution in [0.2, 0.25) is 0 Å². The van der Waals surface area contributed by atoms with E-state index in [-0.39, 0.29) is 11.1 Å². The first kappa shape index (κ1) is 28.0. The van der Waals surface area contributed by atoms with Gasteiger partial charge in [0.25, 0.3) is 22.9 Å². The molecule has 0 spiro atoms. The van der Waals surface area contributed by atoms with Crippen LogP contribution in [0.3, 0.4) is 0 Å². The summed E-state index contributed by atoms with van der Waals surface area (Å²) in [5.41, 5.74) is 3.38. The minimum atomic E-state index is -0.494. The summed E-state index contributed by atoms with van der Waals surface area (Å²) in [6, 6.07) is 14.7. The van der Waals surface area contributed by atoms with Crippen LogP contribution in [0.5, 0.6) is 0 Å². The Bertz CT molecular complexity index is 1670. The Labute approximate surface area is 248 Å². The van der Waals surface area contributed by atoms with Gasteiger partial charge < -0.3 is 10.6 Å². The fourth-order valence-electron chi connectivity index (χ4n) is 5.41. The lowest BCUT2D eigenvalue weighted by Gasteiger charge is -2.18. The number of H-pyrrole nitrogens is 2.